The highest BCUT2D eigenvalue weighted by atomic mass is 16.5. The standard InChI is InChI=1S/C14H9N3O3/c15-8-11(14(18)19)7-10-1-3-12(4-2-10)20-13-9-16-5-6-17-13/h1-7,9H,(H,18,19)/b11-7-. The Morgan fingerprint density at radius 3 is 2.60 bits per heavy atom. The van der Waals surface area contributed by atoms with E-state index in [1.807, 2.05) is 0 Å². The van der Waals surface area contributed by atoms with Gasteiger partial charge < -0.3 is 9.84 Å². The van der Waals surface area contributed by atoms with Crippen LogP contribution in [0.5, 0.6) is 11.6 Å². The van der Waals surface area contributed by atoms with Gasteiger partial charge in [-0.2, -0.15) is 5.26 Å². The van der Waals surface area contributed by atoms with Crippen LogP contribution in [0.4, 0.5) is 0 Å². The fraction of sp³-hybridized carbons (Fsp3) is 0. The average molecular weight is 267 g/mol. The molecule has 0 bridgehead atoms. The van der Waals surface area contributed by atoms with Crippen molar-refractivity contribution in [2.24, 2.45) is 0 Å². The fourth-order valence-corrected chi connectivity index (χ4v) is 1.40. The molecule has 6 heteroatoms. The number of rotatable bonds is 4. The van der Waals surface area contributed by atoms with Crippen LogP contribution in [0.15, 0.2) is 48.4 Å². The molecule has 6 nitrogen and oxygen atoms in total. The Kier molecular flexibility index (Phi) is 4.04. The molecule has 0 saturated carbocycles. The lowest BCUT2D eigenvalue weighted by atomic mass is 10.1. The second-order valence-corrected chi connectivity index (χ2v) is 3.69. The van der Waals surface area contributed by atoms with Gasteiger partial charge in [-0.1, -0.05) is 12.1 Å². The van der Waals surface area contributed by atoms with E-state index in [2.05, 4.69) is 9.97 Å². The van der Waals surface area contributed by atoms with Gasteiger partial charge in [0.1, 0.15) is 17.4 Å². The molecular formula is C14H9N3O3. The van der Waals surface area contributed by atoms with Crippen molar-refractivity contribution < 1.29 is 14.6 Å². The van der Waals surface area contributed by atoms with Crippen LogP contribution in [0.3, 0.4) is 0 Å². The van der Waals surface area contributed by atoms with Crippen molar-refractivity contribution in [2.45, 2.75) is 0 Å². The van der Waals surface area contributed by atoms with E-state index in [-0.39, 0.29) is 5.57 Å². The Balaban J connectivity index is 2.15. The summed E-state index contributed by atoms with van der Waals surface area (Å²) in [6.45, 7) is 0. The van der Waals surface area contributed by atoms with E-state index in [0.717, 1.165) is 0 Å². The second-order valence-electron chi connectivity index (χ2n) is 3.69. The number of carboxylic acid groups (broad SMARTS) is 1. The molecule has 0 aliphatic rings. The van der Waals surface area contributed by atoms with E-state index in [1.54, 1.807) is 30.3 Å². The molecule has 0 radical (unpaired) electrons. The van der Waals surface area contributed by atoms with Gasteiger partial charge in [0.2, 0.25) is 5.88 Å². The van der Waals surface area contributed by atoms with Gasteiger partial charge in [-0.3, -0.25) is 4.98 Å². The molecule has 1 heterocycles. The minimum Gasteiger partial charge on any atom is -0.477 e. The summed E-state index contributed by atoms with van der Waals surface area (Å²) in [7, 11) is 0. The normalized spacial score (nSPS) is 10.7. The van der Waals surface area contributed by atoms with Crippen LogP contribution < -0.4 is 4.74 Å². The lowest BCUT2D eigenvalue weighted by Crippen LogP contribution is -1.97. The number of aromatic nitrogens is 2. The summed E-state index contributed by atoms with van der Waals surface area (Å²) in [5.41, 5.74) is 0.267. The number of nitrogens with zero attached hydrogens (tertiary/aromatic N) is 3. The maximum absolute atomic E-state index is 10.7. The van der Waals surface area contributed by atoms with Crippen LogP contribution in [0, 0.1) is 11.3 Å². The first-order valence-corrected chi connectivity index (χ1v) is 5.58. The number of hydrogen-bond acceptors (Lipinski definition) is 5. The molecule has 0 fully saturated rings. The molecule has 1 N–H and O–H groups in total. The third-order valence-corrected chi connectivity index (χ3v) is 2.30. The smallest absolute Gasteiger partial charge is 0.346 e. The number of benzene rings is 1. The van der Waals surface area contributed by atoms with E-state index >= 15 is 0 Å². The summed E-state index contributed by atoms with van der Waals surface area (Å²) in [4.78, 5) is 18.5. The van der Waals surface area contributed by atoms with Gasteiger partial charge in [0.05, 0.1) is 6.20 Å². The quantitative estimate of drug-likeness (QED) is 0.674. The van der Waals surface area contributed by atoms with Crippen LogP contribution >= 0.6 is 0 Å². The van der Waals surface area contributed by atoms with E-state index in [0.29, 0.717) is 17.2 Å². The van der Waals surface area contributed by atoms with E-state index < -0.39 is 5.97 Å². The Morgan fingerprint density at radius 2 is 2.05 bits per heavy atom. The van der Waals surface area contributed by atoms with Crippen LogP contribution in [0.25, 0.3) is 6.08 Å². The minimum atomic E-state index is -1.26. The summed E-state index contributed by atoms with van der Waals surface area (Å²) in [5, 5.41) is 17.4. The van der Waals surface area contributed by atoms with Crippen molar-refractivity contribution in [1.29, 1.82) is 5.26 Å². The van der Waals surface area contributed by atoms with Crippen molar-refractivity contribution in [1.82, 2.24) is 9.97 Å². The predicted octanol–water partition coefficient (Wildman–Crippen LogP) is 2.26. The molecule has 98 valence electrons. The third kappa shape index (κ3) is 3.40. The molecule has 0 spiro atoms. The number of hydrogen-bond donors (Lipinski definition) is 1. The Labute approximate surface area is 114 Å². The molecule has 2 aromatic rings. The third-order valence-electron chi connectivity index (χ3n) is 2.30. The summed E-state index contributed by atoms with van der Waals surface area (Å²) in [6.07, 6.45) is 5.81. The lowest BCUT2D eigenvalue weighted by molar-refractivity contribution is -0.132. The first-order chi connectivity index (χ1) is 9.69. The summed E-state index contributed by atoms with van der Waals surface area (Å²) in [5.74, 6) is -0.358. The van der Waals surface area contributed by atoms with E-state index in [4.69, 9.17) is 15.1 Å². The summed E-state index contributed by atoms with van der Waals surface area (Å²) >= 11 is 0. The fourth-order valence-electron chi connectivity index (χ4n) is 1.40. The summed E-state index contributed by atoms with van der Waals surface area (Å²) < 4.78 is 5.44. The lowest BCUT2D eigenvalue weighted by Gasteiger charge is -2.03. The molecule has 0 aliphatic heterocycles. The van der Waals surface area contributed by atoms with Gasteiger partial charge in [-0.25, -0.2) is 9.78 Å². The monoisotopic (exact) mass is 267 g/mol. The zero-order chi connectivity index (χ0) is 14.4. The van der Waals surface area contributed by atoms with Crippen molar-refractivity contribution in [2.75, 3.05) is 0 Å². The molecule has 0 aliphatic carbocycles. The summed E-state index contributed by atoms with van der Waals surface area (Å²) in [6, 6.07) is 8.21. The first kappa shape index (κ1) is 13.2. The van der Waals surface area contributed by atoms with Gasteiger partial charge in [-0.05, 0) is 23.8 Å². The molecule has 1 aromatic carbocycles. The van der Waals surface area contributed by atoms with Gasteiger partial charge >= 0.3 is 5.97 Å². The maximum atomic E-state index is 10.7. The molecule has 0 atom stereocenters. The van der Waals surface area contributed by atoms with Gasteiger partial charge in [0.15, 0.2) is 0 Å². The number of carbonyl (C=O) groups is 1. The zero-order valence-electron chi connectivity index (χ0n) is 10.2. The van der Waals surface area contributed by atoms with Gasteiger partial charge in [-0.15, -0.1) is 0 Å². The van der Waals surface area contributed by atoms with Gasteiger partial charge in [0, 0.05) is 12.4 Å². The van der Waals surface area contributed by atoms with Gasteiger partial charge in [0.25, 0.3) is 0 Å². The Hall–Kier alpha value is -3.20. The van der Waals surface area contributed by atoms with Crippen molar-refractivity contribution in [3.63, 3.8) is 0 Å². The molecule has 0 amide bonds. The van der Waals surface area contributed by atoms with Crippen LogP contribution in [-0.4, -0.2) is 21.0 Å². The molecular weight excluding hydrogens is 258 g/mol. The largest absolute Gasteiger partial charge is 0.477 e. The van der Waals surface area contributed by atoms with Crippen molar-refractivity contribution in [3.8, 4) is 17.7 Å². The highest BCUT2D eigenvalue weighted by molar-refractivity contribution is 5.96. The highest BCUT2D eigenvalue weighted by Crippen LogP contribution is 2.19. The number of ether oxygens (including phenoxy) is 1. The maximum Gasteiger partial charge on any atom is 0.346 e. The highest BCUT2D eigenvalue weighted by Gasteiger charge is 2.05. The molecule has 1 aromatic heterocycles. The second kappa shape index (κ2) is 6.11. The number of carboxylic acids is 1. The van der Waals surface area contributed by atoms with E-state index in [9.17, 15) is 4.79 Å². The zero-order valence-corrected chi connectivity index (χ0v) is 10.2. The van der Waals surface area contributed by atoms with Crippen LogP contribution in [0.2, 0.25) is 0 Å². The SMILES string of the molecule is N#C/C(=C/c1ccc(Oc2cnccn2)cc1)C(=O)O. The van der Waals surface area contributed by atoms with Crippen molar-refractivity contribution >= 4 is 12.0 Å². The Bertz CT molecular complexity index is 673. The van der Waals surface area contributed by atoms with E-state index in [1.165, 1.54) is 24.7 Å². The molecule has 0 saturated heterocycles. The average Bonchev–Trinajstić information content (AvgIpc) is 2.47. The molecule has 20 heavy (non-hydrogen) atoms. The Morgan fingerprint density at radius 1 is 1.30 bits per heavy atom. The van der Waals surface area contributed by atoms with Crippen LogP contribution in [-0.2, 0) is 4.79 Å². The van der Waals surface area contributed by atoms with Crippen molar-refractivity contribution in [3.05, 3.63) is 54.0 Å². The predicted molar refractivity (Wildman–Crippen MR) is 69.8 cm³/mol. The first-order valence-electron chi connectivity index (χ1n) is 5.58. The topological polar surface area (TPSA) is 96.1 Å². The molecule has 0 unspecified atom stereocenters. The molecule has 2 rings (SSSR count). The number of nitriles is 1. The van der Waals surface area contributed by atoms with Crippen LogP contribution in [0.1, 0.15) is 5.56 Å². The number of aliphatic carboxylic acids is 1. The minimum absolute atomic E-state index is 0.326.